The van der Waals surface area contributed by atoms with Crippen LogP contribution in [0.25, 0.3) is 0 Å². The summed E-state index contributed by atoms with van der Waals surface area (Å²) < 4.78 is 27.7. The van der Waals surface area contributed by atoms with E-state index in [0.717, 1.165) is 10.7 Å². The lowest BCUT2D eigenvalue weighted by molar-refractivity contribution is -0.142. The van der Waals surface area contributed by atoms with Gasteiger partial charge in [0, 0.05) is 16.3 Å². The number of nitrogens with one attached hydrogen (secondary N) is 1. The molecule has 8 heteroatoms. The van der Waals surface area contributed by atoms with E-state index in [-0.39, 0.29) is 12.2 Å². The number of carbonyl (C=O) groups excluding carboxylic acids is 2. The van der Waals surface area contributed by atoms with Gasteiger partial charge in [-0.05, 0) is 30.7 Å². The van der Waals surface area contributed by atoms with E-state index in [4.69, 9.17) is 0 Å². The molecule has 0 aliphatic carbocycles. The zero-order valence-electron chi connectivity index (χ0n) is 11.6. The molecule has 0 bridgehead atoms. The second-order valence-corrected chi connectivity index (χ2v) is 7.65. The lowest BCUT2D eigenvalue weighted by atomic mass is 10.1. The van der Waals surface area contributed by atoms with Gasteiger partial charge in [0.25, 0.3) is 5.91 Å². The molecule has 1 atom stereocenters. The molecule has 1 amide bonds. The van der Waals surface area contributed by atoms with Crippen LogP contribution in [0.2, 0.25) is 0 Å². The second-order valence-electron chi connectivity index (χ2n) is 4.47. The smallest absolute Gasteiger partial charge is 0.328 e. The summed E-state index contributed by atoms with van der Waals surface area (Å²) in [4.78, 5) is 23.6. The molecule has 0 aliphatic heterocycles. The Morgan fingerprint density at radius 3 is 2.33 bits per heavy atom. The first-order chi connectivity index (χ1) is 9.73. The summed E-state index contributed by atoms with van der Waals surface area (Å²) in [6.45, 7) is 0. The zero-order valence-corrected chi connectivity index (χ0v) is 14.0. The van der Waals surface area contributed by atoms with Crippen LogP contribution in [0.5, 0.6) is 0 Å². The maximum absolute atomic E-state index is 12.0. The van der Waals surface area contributed by atoms with Crippen molar-refractivity contribution in [3.05, 3.63) is 34.3 Å². The summed E-state index contributed by atoms with van der Waals surface area (Å²) in [5.74, 6) is -1.36. The molecule has 0 saturated carbocycles. The van der Waals surface area contributed by atoms with Gasteiger partial charge in [-0.2, -0.15) is 0 Å². The summed E-state index contributed by atoms with van der Waals surface area (Å²) in [6.07, 6.45) is 1.03. The van der Waals surface area contributed by atoms with E-state index < -0.39 is 27.8 Å². The lowest BCUT2D eigenvalue weighted by Crippen LogP contribution is -2.42. The summed E-state index contributed by atoms with van der Waals surface area (Å²) in [6, 6.07) is 5.56. The van der Waals surface area contributed by atoms with Crippen LogP contribution in [0.3, 0.4) is 0 Å². The van der Waals surface area contributed by atoms with Crippen LogP contribution in [0.15, 0.2) is 28.7 Å². The van der Waals surface area contributed by atoms with Crippen LogP contribution in [0, 0.1) is 0 Å². The fourth-order valence-corrected chi connectivity index (χ4v) is 2.49. The average molecular weight is 378 g/mol. The van der Waals surface area contributed by atoms with Crippen molar-refractivity contribution in [2.75, 3.05) is 19.1 Å². The van der Waals surface area contributed by atoms with E-state index in [2.05, 4.69) is 26.0 Å². The maximum atomic E-state index is 12.0. The molecule has 0 saturated heterocycles. The largest absolute Gasteiger partial charge is 0.467 e. The van der Waals surface area contributed by atoms with Gasteiger partial charge >= 0.3 is 5.97 Å². The van der Waals surface area contributed by atoms with Crippen molar-refractivity contribution in [1.82, 2.24) is 5.32 Å². The number of benzene rings is 1. The van der Waals surface area contributed by atoms with Crippen molar-refractivity contribution in [2.45, 2.75) is 12.5 Å². The zero-order chi connectivity index (χ0) is 16.0. The van der Waals surface area contributed by atoms with Gasteiger partial charge in [-0.3, -0.25) is 4.79 Å². The summed E-state index contributed by atoms with van der Waals surface area (Å²) >= 11 is 3.25. The first-order valence-electron chi connectivity index (χ1n) is 6.05. The number of amides is 1. The van der Waals surface area contributed by atoms with Crippen LogP contribution in [0.1, 0.15) is 16.8 Å². The number of halogens is 1. The summed E-state index contributed by atoms with van der Waals surface area (Å²) in [5.41, 5.74) is 0.367. The fourth-order valence-electron chi connectivity index (χ4n) is 1.57. The third-order valence-corrected chi connectivity index (χ3v) is 4.18. The van der Waals surface area contributed by atoms with Gasteiger partial charge in [0.2, 0.25) is 0 Å². The highest BCUT2D eigenvalue weighted by atomic mass is 79.9. The normalized spacial score (nSPS) is 12.5. The van der Waals surface area contributed by atoms with Crippen molar-refractivity contribution >= 4 is 37.6 Å². The Kier molecular flexibility index (Phi) is 6.35. The number of sulfone groups is 1. The molecule has 0 fully saturated rings. The molecule has 6 nitrogen and oxygen atoms in total. The predicted octanol–water partition coefficient (Wildman–Crippen LogP) is 1.16. The molecular weight excluding hydrogens is 362 g/mol. The fraction of sp³-hybridized carbons (Fsp3) is 0.385. The third-order valence-electron chi connectivity index (χ3n) is 2.67. The van der Waals surface area contributed by atoms with Crippen molar-refractivity contribution in [3.8, 4) is 0 Å². The standard InChI is InChI=1S/C13H16BrNO5S/c1-20-13(17)11(7-8-21(2,18)19)15-12(16)9-3-5-10(14)6-4-9/h3-6,11H,7-8H2,1-2H3,(H,15,16). The molecule has 1 aromatic rings. The Bertz CT molecular complexity index is 612. The summed E-state index contributed by atoms with van der Waals surface area (Å²) in [7, 11) is -2.05. The van der Waals surface area contributed by atoms with Crippen molar-refractivity contribution < 1.29 is 22.7 Å². The number of ether oxygens (including phenoxy) is 1. The van der Waals surface area contributed by atoms with E-state index in [0.29, 0.717) is 5.56 Å². The van der Waals surface area contributed by atoms with Gasteiger partial charge in [-0.25, -0.2) is 13.2 Å². The number of methoxy groups -OCH3 is 1. The van der Waals surface area contributed by atoms with Crippen molar-refractivity contribution in [2.24, 2.45) is 0 Å². The van der Waals surface area contributed by atoms with Crippen LogP contribution >= 0.6 is 15.9 Å². The highest BCUT2D eigenvalue weighted by Gasteiger charge is 2.23. The molecule has 0 spiro atoms. The van der Waals surface area contributed by atoms with E-state index in [1.807, 2.05) is 0 Å². The monoisotopic (exact) mass is 377 g/mol. The number of hydrogen-bond acceptors (Lipinski definition) is 5. The first-order valence-corrected chi connectivity index (χ1v) is 8.90. The van der Waals surface area contributed by atoms with Crippen LogP contribution in [-0.2, 0) is 19.4 Å². The van der Waals surface area contributed by atoms with Gasteiger partial charge in [-0.1, -0.05) is 15.9 Å². The summed E-state index contributed by atoms with van der Waals surface area (Å²) in [5, 5.41) is 2.48. The molecule has 0 radical (unpaired) electrons. The minimum atomic E-state index is -3.23. The maximum Gasteiger partial charge on any atom is 0.328 e. The van der Waals surface area contributed by atoms with E-state index in [1.54, 1.807) is 24.3 Å². The van der Waals surface area contributed by atoms with Gasteiger partial charge in [0.05, 0.1) is 12.9 Å². The Labute approximate surface area is 131 Å². The SMILES string of the molecule is COC(=O)C(CCS(C)(=O)=O)NC(=O)c1ccc(Br)cc1. The molecule has 1 unspecified atom stereocenters. The quantitative estimate of drug-likeness (QED) is 0.751. The number of hydrogen-bond donors (Lipinski definition) is 1. The predicted molar refractivity (Wildman–Crippen MR) is 81.7 cm³/mol. The molecular formula is C13H16BrNO5S. The molecule has 0 heterocycles. The molecule has 1 aromatic carbocycles. The highest BCUT2D eigenvalue weighted by Crippen LogP contribution is 2.11. The number of carbonyl (C=O) groups is 2. The molecule has 0 aliphatic rings. The average Bonchev–Trinajstić information content (AvgIpc) is 2.42. The Morgan fingerprint density at radius 1 is 1.29 bits per heavy atom. The minimum Gasteiger partial charge on any atom is -0.467 e. The van der Waals surface area contributed by atoms with Crippen molar-refractivity contribution in [3.63, 3.8) is 0 Å². The van der Waals surface area contributed by atoms with Gasteiger partial charge in [0.1, 0.15) is 15.9 Å². The minimum absolute atomic E-state index is 0.0340. The van der Waals surface area contributed by atoms with Crippen LogP contribution < -0.4 is 5.32 Å². The Morgan fingerprint density at radius 2 is 1.86 bits per heavy atom. The molecule has 1 rings (SSSR count). The van der Waals surface area contributed by atoms with Gasteiger partial charge in [0.15, 0.2) is 0 Å². The van der Waals surface area contributed by atoms with E-state index in [9.17, 15) is 18.0 Å². The van der Waals surface area contributed by atoms with Crippen molar-refractivity contribution in [1.29, 1.82) is 0 Å². The molecule has 116 valence electrons. The Hall–Kier alpha value is -1.41. The molecule has 0 aromatic heterocycles. The number of rotatable bonds is 6. The van der Waals surface area contributed by atoms with Crippen LogP contribution in [-0.4, -0.2) is 45.5 Å². The van der Waals surface area contributed by atoms with E-state index in [1.165, 1.54) is 7.11 Å². The van der Waals surface area contributed by atoms with Gasteiger partial charge in [-0.15, -0.1) is 0 Å². The van der Waals surface area contributed by atoms with Gasteiger partial charge < -0.3 is 10.1 Å². The number of esters is 1. The highest BCUT2D eigenvalue weighted by molar-refractivity contribution is 9.10. The Balaban J connectivity index is 2.78. The lowest BCUT2D eigenvalue weighted by Gasteiger charge is -2.16. The third kappa shape index (κ3) is 6.26. The van der Waals surface area contributed by atoms with E-state index >= 15 is 0 Å². The molecule has 1 N–H and O–H groups in total. The second kappa shape index (κ2) is 7.56. The molecule has 21 heavy (non-hydrogen) atoms. The first kappa shape index (κ1) is 17.6. The topological polar surface area (TPSA) is 89.5 Å². The van der Waals surface area contributed by atoms with Crippen LogP contribution in [0.4, 0.5) is 0 Å².